The second kappa shape index (κ2) is 14.4. The number of primary sulfonamides is 1. The number of hydrogen-bond acceptors (Lipinski definition) is 12. The third-order valence-corrected chi connectivity index (χ3v) is 11.3. The van der Waals surface area contributed by atoms with Crippen molar-refractivity contribution in [3.05, 3.63) is 83.2 Å². The molecule has 4 heterocycles. The molecule has 0 radical (unpaired) electrons. The van der Waals surface area contributed by atoms with E-state index in [1.807, 2.05) is 43.3 Å². The highest BCUT2D eigenvalue weighted by Gasteiger charge is 2.45. The molecule has 4 aromatic rings. The number of rotatable bonds is 12. The summed E-state index contributed by atoms with van der Waals surface area (Å²) in [6.07, 6.45) is 0. The van der Waals surface area contributed by atoms with Gasteiger partial charge in [-0.05, 0) is 49.5 Å². The van der Waals surface area contributed by atoms with Crippen LogP contribution in [0.15, 0.2) is 70.7 Å². The highest BCUT2D eigenvalue weighted by atomic mass is 32.2. The molecule has 0 bridgehead atoms. The van der Waals surface area contributed by atoms with E-state index in [-0.39, 0.29) is 28.7 Å². The Balaban J connectivity index is 0.000000240. The summed E-state index contributed by atoms with van der Waals surface area (Å²) in [5.41, 5.74) is 8.36. The summed E-state index contributed by atoms with van der Waals surface area (Å²) < 4.78 is 75.3. The van der Waals surface area contributed by atoms with Gasteiger partial charge in [-0.25, -0.2) is 22.0 Å². The van der Waals surface area contributed by atoms with Gasteiger partial charge in [0.15, 0.2) is 10.1 Å². The maximum Gasteiger partial charge on any atom is 0.263 e. The molecule has 6 rings (SSSR count). The van der Waals surface area contributed by atoms with Gasteiger partial charge in [-0.2, -0.15) is 14.5 Å². The van der Waals surface area contributed by atoms with E-state index >= 15 is 0 Å². The van der Waals surface area contributed by atoms with E-state index in [0.717, 1.165) is 16.8 Å². The van der Waals surface area contributed by atoms with Crippen LogP contribution in [0.3, 0.4) is 0 Å². The third-order valence-electron chi connectivity index (χ3n) is 8.89. The minimum Gasteiger partial charge on any atom is -0.497 e. The summed E-state index contributed by atoms with van der Waals surface area (Å²) in [4.78, 5) is 2.00. The van der Waals surface area contributed by atoms with Crippen molar-refractivity contribution < 1.29 is 35.8 Å². The summed E-state index contributed by atoms with van der Waals surface area (Å²) in [5, 5.41) is 13.2. The molecule has 2 aliphatic heterocycles. The molecule has 2 aromatic heterocycles. The highest BCUT2D eigenvalue weighted by molar-refractivity contribution is 7.89. The zero-order chi connectivity index (χ0) is 36.5. The van der Waals surface area contributed by atoms with Crippen LogP contribution in [0.2, 0.25) is 0 Å². The van der Waals surface area contributed by atoms with E-state index in [1.54, 1.807) is 63.3 Å². The molecule has 0 aliphatic carbocycles. The lowest BCUT2D eigenvalue weighted by molar-refractivity contribution is -0.134. The molecular weight excluding hydrogens is 689 g/mol. The van der Waals surface area contributed by atoms with Crippen molar-refractivity contribution >= 4 is 20.0 Å². The molecule has 2 aliphatic rings. The molecule has 0 saturated carbocycles. The number of hydrogen-bond donors (Lipinski definition) is 2. The SMILES string of the molecule is CN(C)C1(c2cc(S(N)(=O)=O)nn2C)COC1.COc1ccc(CN(Cc2ccc(OC)cc2)S(=O)(=O)c2cc(C3(N)COC3)n(C)n2)cc1. The van der Waals surface area contributed by atoms with Gasteiger partial charge < -0.3 is 24.7 Å². The van der Waals surface area contributed by atoms with Gasteiger partial charge in [0.2, 0.25) is 0 Å². The van der Waals surface area contributed by atoms with Crippen molar-refractivity contribution in [1.29, 1.82) is 0 Å². The normalized spacial score (nSPS) is 16.7. The average molecular weight is 733 g/mol. The van der Waals surface area contributed by atoms with E-state index in [9.17, 15) is 16.8 Å². The fourth-order valence-corrected chi connectivity index (χ4v) is 7.58. The zero-order valence-electron chi connectivity index (χ0n) is 28.9. The molecule has 2 saturated heterocycles. The van der Waals surface area contributed by atoms with E-state index in [4.69, 9.17) is 29.8 Å². The van der Waals surface area contributed by atoms with Crippen molar-refractivity contribution in [2.24, 2.45) is 25.0 Å². The standard InChI is InChI=1S/C23H28N4O5S.C9H16N4O3S/c1-26-21(23(24)15-32-16-23)12-22(25-26)33(28,29)27(13-17-4-8-19(30-2)9-5-17)14-18-6-10-20(31-3)11-7-18;1-12(2)9(5-16-6-9)7-4-8(11-13(7)3)17(10,14)15/h4-12H,13-16,24H2,1-3H3;4H,5-6H2,1-3H3,(H2,10,14,15). The molecule has 16 nitrogen and oxygen atoms in total. The van der Waals surface area contributed by atoms with Crippen LogP contribution in [0, 0.1) is 0 Å². The van der Waals surface area contributed by atoms with Gasteiger partial charge >= 0.3 is 0 Å². The first-order valence-electron chi connectivity index (χ1n) is 15.5. The lowest BCUT2D eigenvalue weighted by atomic mass is 9.91. The number of aromatic nitrogens is 4. The lowest BCUT2D eigenvalue weighted by Crippen LogP contribution is -2.57. The van der Waals surface area contributed by atoms with Crippen molar-refractivity contribution in [1.82, 2.24) is 28.8 Å². The number of ether oxygens (including phenoxy) is 4. The first-order chi connectivity index (χ1) is 23.5. The Morgan fingerprint density at radius 3 is 1.56 bits per heavy atom. The Bertz CT molecular complexity index is 1950. The monoisotopic (exact) mass is 732 g/mol. The number of benzene rings is 2. The van der Waals surface area contributed by atoms with Crippen molar-refractivity contribution in [2.75, 3.05) is 54.7 Å². The van der Waals surface area contributed by atoms with Crippen LogP contribution >= 0.6 is 0 Å². The van der Waals surface area contributed by atoms with Crippen LogP contribution in [0.5, 0.6) is 11.5 Å². The second-order valence-corrected chi connectivity index (χ2v) is 16.0. The fourth-order valence-electron chi connectivity index (χ4n) is 5.68. The summed E-state index contributed by atoms with van der Waals surface area (Å²) in [7, 11) is 2.72. The van der Waals surface area contributed by atoms with E-state index in [1.165, 1.54) is 15.1 Å². The van der Waals surface area contributed by atoms with Crippen LogP contribution in [-0.4, -0.2) is 100 Å². The molecule has 0 atom stereocenters. The van der Waals surface area contributed by atoms with Crippen LogP contribution < -0.4 is 20.3 Å². The molecule has 272 valence electrons. The smallest absolute Gasteiger partial charge is 0.263 e. The van der Waals surface area contributed by atoms with Crippen LogP contribution in [-0.2, 0) is 67.8 Å². The second-order valence-electron chi connectivity index (χ2n) is 12.6. The number of nitrogens with zero attached hydrogens (tertiary/aromatic N) is 6. The Kier molecular flexibility index (Phi) is 10.8. The van der Waals surface area contributed by atoms with Gasteiger partial charge in [-0.15, -0.1) is 0 Å². The largest absolute Gasteiger partial charge is 0.497 e. The summed E-state index contributed by atoms with van der Waals surface area (Å²) >= 11 is 0. The van der Waals surface area contributed by atoms with Crippen molar-refractivity contribution in [3.8, 4) is 11.5 Å². The first kappa shape index (κ1) is 37.4. The van der Waals surface area contributed by atoms with Gasteiger partial charge in [0.25, 0.3) is 20.0 Å². The predicted molar refractivity (Wildman–Crippen MR) is 183 cm³/mol. The summed E-state index contributed by atoms with van der Waals surface area (Å²) in [5.74, 6) is 1.40. The van der Waals surface area contributed by atoms with Gasteiger partial charge in [-0.1, -0.05) is 24.3 Å². The summed E-state index contributed by atoms with van der Waals surface area (Å²) in [6, 6.07) is 17.7. The van der Waals surface area contributed by atoms with E-state index < -0.39 is 25.6 Å². The maximum absolute atomic E-state index is 13.7. The van der Waals surface area contributed by atoms with E-state index in [2.05, 4.69) is 10.2 Å². The van der Waals surface area contributed by atoms with Crippen LogP contribution in [0.25, 0.3) is 0 Å². The summed E-state index contributed by atoms with van der Waals surface area (Å²) in [6.45, 7) is 2.02. The molecule has 4 N–H and O–H groups in total. The molecule has 2 fully saturated rings. The Morgan fingerprint density at radius 2 is 1.20 bits per heavy atom. The molecule has 18 heteroatoms. The van der Waals surface area contributed by atoms with Gasteiger partial charge in [-0.3, -0.25) is 14.3 Å². The van der Waals surface area contributed by atoms with E-state index in [0.29, 0.717) is 43.6 Å². The average Bonchev–Trinajstić information content (AvgIpc) is 3.63. The lowest BCUT2D eigenvalue weighted by Gasteiger charge is -2.46. The number of nitrogens with two attached hydrogens (primary N) is 2. The van der Waals surface area contributed by atoms with Gasteiger partial charge in [0.1, 0.15) is 22.6 Å². The molecule has 50 heavy (non-hydrogen) atoms. The number of methoxy groups -OCH3 is 2. The number of aryl methyl sites for hydroxylation is 2. The van der Waals surface area contributed by atoms with Gasteiger partial charge in [0.05, 0.1) is 52.0 Å². The highest BCUT2D eigenvalue weighted by Crippen LogP contribution is 2.35. The fraction of sp³-hybridized carbons (Fsp3) is 0.438. The number of likely N-dealkylation sites (N-methyl/N-ethyl adjacent to an activating group) is 1. The Labute approximate surface area is 292 Å². The number of sulfonamides is 2. The van der Waals surface area contributed by atoms with Gasteiger partial charge in [0, 0.05) is 39.3 Å². The van der Waals surface area contributed by atoms with Crippen molar-refractivity contribution in [2.45, 2.75) is 34.2 Å². The molecule has 0 spiro atoms. The van der Waals surface area contributed by atoms with Crippen molar-refractivity contribution in [3.63, 3.8) is 0 Å². The molecule has 2 aromatic carbocycles. The minimum absolute atomic E-state index is 0.0428. The topological polar surface area (TPSA) is 199 Å². The Morgan fingerprint density at radius 1 is 0.760 bits per heavy atom. The quantitative estimate of drug-likeness (QED) is 0.209. The minimum atomic E-state index is -3.93. The maximum atomic E-state index is 13.7. The molecule has 0 amide bonds. The van der Waals surface area contributed by atoms with Crippen LogP contribution in [0.1, 0.15) is 22.5 Å². The predicted octanol–water partition coefficient (Wildman–Crippen LogP) is 0.867. The Hall–Kier alpha value is -3.88. The van der Waals surface area contributed by atoms with Crippen LogP contribution in [0.4, 0.5) is 0 Å². The first-order valence-corrected chi connectivity index (χ1v) is 18.5. The molecular formula is C32H44N8O8S2. The molecule has 0 unspecified atom stereocenters. The zero-order valence-corrected chi connectivity index (χ0v) is 30.6. The third kappa shape index (κ3) is 7.57.